The van der Waals surface area contributed by atoms with Gasteiger partial charge in [0.2, 0.25) is 0 Å². The van der Waals surface area contributed by atoms with E-state index in [1.165, 1.54) is 4.90 Å². The SMILES string of the molecule is CCCCN(CCO)c1nc(C(F)(F)F)ccc1C#N. The smallest absolute Gasteiger partial charge is 0.395 e. The molecule has 1 aromatic rings. The molecule has 0 spiro atoms. The van der Waals surface area contributed by atoms with Crippen LogP contribution >= 0.6 is 0 Å². The number of unbranched alkanes of at least 4 members (excludes halogenated alkanes) is 1. The Bertz CT molecular complexity index is 483. The average molecular weight is 287 g/mol. The maximum absolute atomic E-state index is 12.7. The Morgan fingerprint density at radius 2 is 2.05 bits per heavy atom. The Kier molecular flexibility index (Phi) is 5.77. The number of nitrogens with zero attached hydrogens (tertiary/aromatic N) is 3. The van der Waals surface area contributed by atoms with Gasteiger partial charge in [-0.05, 0) is 18.6 Å². The van der Waals surface area contributed by atoms with Crippen LogP contribution < -0.4 is 4.90 Å². The summed E-state index contributed by atoms with van der Waals surface area (Å²) in [6, 6.07) is 3.74. The molecule has 1 N–H and O–H groups in total. The number of aromatic nitrogens is 1. The van der Waals surface area contributed by atoms with Crippen molar-refractivity contribution in [1.29, 1.82) is 5.26 Å². The topological polar surface area (TPSA) is 60.1 Å². The highest BCUT2D eigenvalue weighted by atomic mass is 19.4. The summed E-state index contributed by atoms with van der Waals surface area (Å²) in [5.74, 6) is -0.0233. The Morgan fingerprint density at radius 1 is 1.35 bits per heavy atom. The number of aliphatic hydroxyl groups is 1. The maximum Gasteiger partial charge on any atom is 0.433 e. The fourth-order valence-electron chi connectivity index (χ4n) is 1.73. The van der Waals surface area contributed by atoms with E-state index >= 15 is 0 Å². The molecule has 0 fully saturated rings. The van der Waals surface area contributed by atoms with Gasteiger partial charge in [0.05, 0.1) is 12.2 Å². The van der Waals surface area contributed by atoms with Gasteiger partial charge in [-0.2, -0.15) is 18.4 Å². The molecule has 0 aliphatic carbocycles. The molecule has 1 rings (SSSR count). The largest absolute Gasteiger partial charge is 0.433 e. The number of halogens is 3. The molecule has 0 bridgehead atoms. The van der Waals surface area contributed by atoms with Gasteiger partial charge >= 0.3 is 6.18 Å². The van der Waals surface area contributed by atoms with E-state index in [0.717, 1.165) is 25.0 Å². The second kappa shape index (κ2) is 7.10. The van der Waals surface area contributed by atoms with Gasteiger partial charge < -0.3 is 10.0 Å². The van der Waals surface area contributed by atoms with Crippen LogP contribution in [-0.2, 0) is 6.18 Å². The van der Waals surface area contributed by atoms with Gasteiger partial charge in [-0.25, -0.2) is 4.98 Å². The first-order chi connectivity index (χ1) is 9.43. The molecular formula is C13H16F3N3O. The molecule has 0 radical (unpaired) electrons. The number of anilines is 1. The molecular weight excluding hydrogens is 271 g/mol. The number of alkyl halides is 3. The lowest BCUT2D eigenvalue weighted by atomic mass is 10.2. The summed E-state index contributed by atoms with van der Waals surface area (Å²) in [5, 5.41) is 18.0. The summed E-state index contributed by atoms with van der Waals surface area (Å²) in [4.78, 5) is 5.07. The van der Waals surface area contributed by atoms with Crippen LogP contribution in [0.5, 0.6) is 0 Å². The van der Waals surface area contributed by atoms with Crippen molar-refractivity contribution in [3.05, 3.63) is 23.4 Å². The summed E-state index contributed by atoms with van der Waals surface area (Å²) in [6.45, 7) is 2.32. The fourth-order valence-corrected chi connectivity index (χ4v) is 1.73. The van der Waals surface area contributed by atoms with Gasteiger partial charge in [0, 0.05) is 13.1 Å². The first kappa shape index (κ1) is 16.2. The van der Waals surface area contributed by atoms with Crippen LogP contribution in [0.3, 0.4) is 0 Å². The second-order valence-corrected chi connectivity index (χ2v) is 4.24. The van der Waals surface area contributed by atoms with E-state index < -0.39 is 11.9 Å². The summed E-state index contributed by atoms with van der Waals surface area (Å²) >= 11 is 0. The Morgan fingerprint density at radius 3 is 2.55 bits per heavy atom. The summed E-state index contributed by atoms with van der Waals surface area (Å²) in [6.07, 6.45) is -2.97. The average Bonchev–Trinajstić information content (AvgIpc) is 2.41. The Hall–Kier alpha value is -1.81. The van der Waals surface area contributed by atoms with E-state index in [1.54, 1.807) is 0 Å². The van der Waals surface area contributed by atoms with Crippen LogP contribution in [0.2, 0.25) is 0 Å². The van der Waals surface area contributed by atoms with E-state index in [9.17, 15) is 13.2 Å². The molecule has 0 saturated heterocycles. The maximum atomic E-state index is 12.7. The van der Waals surface area contributed by atoms with Crippen LogP contribution in [0, 0.1) is 11.3 Å². The highest BCUT2D eigenvalue weighted by molar-refractivity contribution is 5.54. The van der Waals surface area contributed by atoms with E-state index in [4.69, 9.17) is 10.4 Å². The molecule has 0 aliphatic heterocycles. The van der Waals surface area contributed by atoms with Crippen molar-refractivity contribution < 1.29 is 18.3 Å². The third kappa shape index (κ3) is 4.10. The zero-order chi connectivity index (χ0) is 15.2. The van der Waals surface area contributed by atoms with Gasteiger partial charge in [-0.1, -0.05) is 13.3 Å². The first-order valence-corrected chi connectivity index (χ1v) is 6.28. The van der Waals surface area contributed by atoms with Crippen LogP contribution in [0.25, 0.3) is 0 Å². The minimum Gasteiger partial charge on any atom is -0.395 e. The van der Waals surface area contributed by atoms with Gasteiger partial charge in [0.15, 0.2) is 0 Å². The molecule has 20 heavy (non-hydrogen) atoms. The standard InChI is InChI=1S/C13H16F3N3O/c1-2-3-6-19(7-8-20)12-10(9-17)4-5-11(18-12)13(14,15)16/h4-5,20H,2-3,6-8H2,1H3. The van der Waals surface area contributed by atoms with Gasteiger partial charge in [-0.15, -0.1) is 0 Å². The zero-order valence-corrected chi connectivity index (χ0v) is 11.1. The minimum absolute atomic E-state index is 0.0233. The van der Waals surface area contributed by atoms with Crippen LogP contribution in [0.15, 0.2) is 12.1 Å². The highest BCUT2D eigenvalue weighted by Gasteiger charge is 2.33. The molecule has 1 aromatic heterocycles. The predicted octanol–water partition coefficient (Wildman–Crippen LogP) is 2.57. The summed E-state index contributed by atoms with van der Waals surface area (Å²) in [5.41, 5.74) is -0.964. The number of hydrogen-bond acceptors (Lipinski definition) is 4. The molecule has 7 heteroatoms. The highest BCUT2D eigenvalue weighted by Crippen LogP contribution is 2.30. The Balaban J connectivity index is 3.19. The van der Waals surface area contributed by atoms with Crippen LogP contribution in [0.4, 0.5) is 19.0 Å². The van der Waals surface area contributed by atoms with Crippen molar-refractivity contribution in [3.8, 4) is 6.07 Å². The number of nitriles is 1. The lowest BCUT2D eigenvalue weighted by Crippen LogP contribution is -2.30. The number of hydrogen-bond donors (Lipinski definition) is 1. The van der Waals surface area contributed by atoms with Crippen molar-refractivity contribution in [2.75, 3.05) is 24.6 Å². The quantitative estimate of drug-likeness (QED) is 0.873. The van der Waals surface area contributed by atoms with Crippen molar-refractivity contribution in [2.24, 2.45) is 0 Å². The lowest BCUT2D eigenvalue weighted by molar-refractivity contribution is -0.141. The molecule has 0 aliphatic rings. The Labute approximate surface area is 115 Å². The summed E-state index contributed by atoms with van der Waals surface area (Å²) < 4.78 is 38.1. The van der Waals surface area contributed by atoms with E-state index in [1.807, 2.05) is 13.0 Å². The van der Waals surface area contributed by atoms with E-state index in [0.29, 0.717) is 6.54 Å². The second-order valence-electron chi connectivity index (χ2n) is 4.24. The molecule has 1 heterocycles. The molecule has 110 valence electrons. The molecule has 0 aromatic carbocycles. The van der Waals surface area contributed by atoms with Gasteiger partial charge in [-0.3, -0.25) is 0 Å². The van der Waals surface area contributed by atoms with Gasteiger partial charge in [0.25, 0.3) is 0 Å². The third-order valence-corrected chi connectivity index (χ3v) is 2.74. The van der Waals surface area contributed by atoms with Crippen molar-refractivity contribution in [1.82, 2.24) is 4.98 Å². The molecule has 0 amide bonds. The monoisotopic (exact) mass is 287 g/mol. The number of pyridine rings is 1. The van der Waals surface area contributed by atoms with Crippen LogP contribution in [0.1, 0.15) is 31.0 Å². The normalized spacial score (nSPS) is 11.2. The molecule has 4 nitrogen and oxygen atoms in total. The number of rotatable bonds is 6. The minimum atomic E-state index is -4.56. The molecule has 0 unspecified atom stereocenters. The first-order valence-electron chi connectivity index (χ1n) is 6.28. The fraction of sp³-hybridized carbons (Fsp3) is 0.538. The predicted molar refractivity (Wildman–Crippen MR) is 68.2 cm³/mol. The van der Waals surface area contributed by atoms with Crippen molar-refractivity contribution in [3.63, 3.8) is 0 Å². The third-order valence-electron chi connectivity index (χ3n) is 2.74. The van der Waals surface area contributed by atoms with Gasteiger partial charge in [0.1, 0.15) is 17.6 Å². The number of aliphatic hydroxyl groups excluding tert-OH is 1. The molecule has 0 saturated carbocycles. The lowest BCUT2D eigenvalue weighted by Gasteiger charge is -2.24. The van der Waals surface area contributed by atoms with Crippen LogP contribution in [-0.4, -0.2) is 29.8 Å². The molecule has 0 atom stereocenters. The van der Waals surface area contributed by atoms with E-state index in [-0.39, 0.29) is 24.5 Å². The van der Waals surface area contributed by atoms with E-state index in [2.05, 4.69) is 4.98 Å². The summed E-state index contributed by atoms with van der Waals surface area (Å²) in [7, 11) is 0. The zero-order valence-electron chi connectivity index (χ0n) is 11.1. The van der Waals surface area contributed by atoms with Crippen molar-refractivity contribution >= 4 is 5.82 Å². The van der Waals surface area contributed by atoms with Crippen molar-refractivity contribution in [2.45, 2.75) is 25.9 Å².